The molecule has 0 radical (unpaired) electrons. The first-order valence-corrected chi connectivity index (χ1v) is 8.75. The highest BCUT2D eigenvalue weighted by Crippen LogP contribution is 2.43. The van der Waals surface area contributed by atoms with E-state index in [0.29, 0.717) is 17.0 Å². The van der Waals surface area contributed by atoms with Crippen molar-refractivity contribution in [3.05, 3.63) is 35.4 Å². The van der Waals surface area contributed by atoms with Crippen molar-refractivity contribution in [2.24, 2.45) is 23.7 Å². The number of carbonyl (C=O) groups is 2. The van der Waals surface area contributed by atoms with Crippen molar-refractivity contribution in [2.75, 3.05) is 0 Å². The van der Waals surface area contributed by atoms with Gasteiger partial charge in [0.1, 0.15) is 0 Å². The molecule has 1 fully saturated rings. The summed E-state index contributed by atoms with van der Waals surface area (Å²) in [4.78, 5) is 25.4. The van der Waals surface area contributed by atoms with Gasteiger partial charge < -0.3 is 0 Å². The van der Waals surface area contributed by atoms with E-state index in [9.17, 15) is 9.59 Å². The van der Waals surface area contributed by atoms with Gasteiger partial charge in [0, 0.05) is 23.0 Å². The molecular formula is C20H26O2. The number of carbonyl (C=O) groups excluding carboxylic acids is 2. The van der Waals surface area contributed by atoms with Crippen LogP contribution in [0.15, 0.2) is 24.3 Å². The average molecular weight is 298 g/mol. The Bertz CT molecular complexity index is 573. The Morgan fingerprint density at radius 2 is 1.64 bits per heavy atom. The summed E-state index contributed by atoms with van der Waals surface area (Å²) in [6, 6.07) is 7.38. The van der Waals surface area contributed by atoms with E-state index in [2.05, 4.69) is 13.8 Å². The molecule has 0 bridgehead atoms. The predicted molar refractivity (Wildman–Crippen MR) is 88.1 cm³/mol. The molecular weight excluding hydrogens is 272 g/mol. The number of Topliss-reactive ketones (excluding diaryl/α,β-unsaturated/α-hetero) is 2. The Morgan fingerprint density at radius 3 is 2.27 bits per heavy atom. The Balaban J connectivity index is 1.72. The molecule has 3 atom stereocenters. The van der Waals surface area contributed by atoms with Gasteiger partial charge in [-0.15, -0.1) is 0 Å². The van der Waals surface area contributed by atoms with Crippen molar-refractivity contribution >= 4 is 11.6 Å². The summed E-state index contributed by atoms with van der Waals surface area (Å²) in [6.07, 6.45) is 6.65. The fourth-order valence-electron chi connectivity index (χ4n) is 4.25. The van der Waals surface area contributed by atoms with Crippen molar-refractivity contribution in [1.82, 2.24) is 0 Å². The Kier molecular flexibility index (Phi) is 4.46. The van der Waals surface area contributed by atoms with Crippen LogP contribution in [0.4, 0.5) is 0 Å². The van der Waals surface area contributed by atoms with E-state index < -0.39 is 0 Å². The fourth-order valence-corrected chi connectivity index (χ4v) is 4.25. The quantitative estimate of drug-likeness (QED) is 0.790. The van der Waals surface area contributed by atoms with Gasteiger partial charge in [0.2, 0.25) is 0 Å². The van der Waals surface area contributed by atoms with E-state index in [1.165, 1.54) is 19.3 Å². The number of benzene rings is 1. The van der Waals surface area contributed by atoms with Crippen LogP contribution in [0.3, 0.4) is 0 Å². The molecule has 3 unspecified atom stereocenters. The highest BCUT2D eigenvalue weighted by atomic mass is 16.1. The van der Waals surface area contributed by atoms with Crippen LogP contribution in [0, 0.1) is 23.7 Å². The summed E-state index contributed by atoms with van der Waals surface area (Å²) in [5.41, 5.74) is 1.32. The SMILES string of the molecule is CC(C)CCCC1CCC2C(=O)c3ccccc3C(=O)C2C1. The Morgan fingerprint density at radius 1 is 1.00 bits per heavy atom. The molecule has 0 N–H and O–H groups in total. The first-order valence-electron chi connectivity index (χ1n) is 8.75. The standard InChI is InChI=1S/C20H26O2/c1-13(2)6-5-7-14-10-11-17-18(12-14)20(22)16-9-4-3-8-15(16)19(17)21/h3-4,8-9,13-14,17-18H,5-7,10-12H2,1-2H3. The van der Waals surface area contributed by atoms with Crippen LogP contribution in [0.1, 0.15) is 73.1 Å². The van der Waals surface area contributed by atoms with Crippen molar-refractivity contribution in [1.29, 1.82) is 0 Å². The highest BCUT2D eigenvalue weighted by molar-refractivity contribution is 6.16. The smallest absolute Gasteiger partial charge is 0.167 e. The maximum Gasteiger partial charge on any atom is 0.167 e. The number of ketones is 2. The van der Waals surface area contributed by atoms with E-state index >= 15 is 0 Å². The van der Waals surface area contributed by atoms with Gasteiger partial charge in [-0.25, -0.2) is 0 Å². The molecule has 0 saturated heterocycles. The normalized spacial score (nSPS) is 27.7. The Labute approximate surface area is 133 Å². The molecule has 1 aromatic carbocycles. The van der Waals surface area contributed by atoms with Crippen LogP contribution in [0.5, 0.6) is 0 Å². The zero-order valence-corrected chi connectivity index (χ0v) is 13.7. The minimum Gasteiger partial charge on any atom is -0.294 e. The van der Waals surface area contributed by atoms with Gasteiger partial charge in [0.25, 0.3) is 0 Å². The molecule has 0 amide bonds. The molecule has 0 aromatic heterocycles. The third kappa shape index (κ3) is 2.88. The summed E-state index contributed by atoms with van der Waals surface area (Å²) in [5.74, 6) is 1.70. The molecule has 1 saturated carbocycles. The second-order valence-corrected chi connectivity index (χ2v) is 7.49. The van der Waals surface area contributed by atoms with E-state index in [4.69, 9.17) is 0 Å². The maximum atomic E-state index is 12.8. The molecule has 0 heterocycles. The second-order valence-electron chi connectivity index (χ2n) is 7.49. The third-order valence-electron chi connectivity index (χ3n) is 5.48. The lowest BCUT2D eigenvalue weighted by molar-refractivity contribution is 0.0622. The average Bonchev–Trinajstić information content (AvgIpc) is 2.52. The van der Waals surface area contributed by atoms with Crippen molar-refractivity contribution in [3.8, 4) is 0 Å². The largest absolute Gasteiger partial charge is 0.294 e. The predicted octanol–water partition coefficient (Wildman–Crippen LogP) is 4.92. The lowest BCUT2D eigenvalue weighted by Crippen LogP contribution is -2.40. The second kappa shape index (κ2) is 6.36. The molecule has 0 aliphatic heterocycles. The minimum absolute atomic E-state index is 0.0521. The van der Waals surface area contributed by atoms with Gasteiger partial charge in [0.15, 0.2) is 11.6 Å². The molecule has 3 rings (SSSR count). The monoisotopic (exact) mass is 298 g/mol. The fraction of sp³-hybridized carbons (Fsp3) is 0.600. The summed E-state index contributed by atoms with van der Waals surface area (Å²) in [5, 5.41) is 0. The van der Waals surface area contributed by atoms with Crippen molar-refractivity contribution in [2.45, 2.75) is 52.4 Å². The van der Waals surface area contributed by atoms with Crippen molar-refractivity contribution < 1.29 is 9.59 Å². The van der Waals surface area contributed by atoms with Gasteiger partial charge >= 0.3 is 0 Å². The molecule has 22 heavy (non-hydrogen) atoms. The number of rotatable bonds is 4. The molecule has 2 nitrogen and oxygen atoms in total. The van der Waals surface area contributed by atoms with Crippen LogP contribution in [-0.2, 0) is 0 Å². The number of hydrogen-bond donors (Lipinski definition) is 0. The van der Waals surface area contributed by atoms with Crippen molar-refractivity contribution in [3.63, 3.8) is 0 Å². The van der Waals surface area contributed by atoms with E-state index in [-0.39, 0.29) is 23.4 Å². The first-order chi connectivity index (χ1) is 10.6. The van der Waals surface area contributed by atoms with Gasteiger partial charge in [0.05, 0.1) is 0 Å². The molecule has 118 valence electrons. The molecule has 2 heteroatoms. The maximum absolute atomic E-state index is 12.8. The summed E-state index contributed by atoms with van der Waals surface area (Å²) >= 11 is 0. The first kappa shape index (κ1) is 15.5. The number of hydrogen-bond acceptors (Lipinski definition) is 2. The molecule has 2 aliphatic rings. The van der Waals surface area contributed by atoms with Gasteiger partial charge in [-0.2, -0.15) is 0 Å². The van der Waals surface area contributed by atoms with E-state index in [0.717, 1.165) is 25.2 Å². The summed E-state index contributed by atoms with van der Waals surface area (Å²) in [6.45, 7) is 4.52. The van der Waals surface area contributed by atoms with E-state index in [1.807, 2.05) is 24.3 Å². The third-order valence-corrected chi connectivity index (χ3v) is 5.48. The zero-order chi connectivity index (χ0) is 15.7. The van der Waals surface area contributed by atoms with Gasteiger partial charge in [-0.1, -0.05) is 57.4 Å². The van der Waals surface area contributed by atoms with Crippen LogP contribution >= 0.6 is 0 Å². The zero-order valence-electron chi connectivity index (χ0n) is 13.7. The lowest BCUT2D eigenvalue weighted by Gasteiger charge is -2.38. The summed E-state index contributed by atoms with van der Waals surface area (Å²) in [7, 11) is 0. The molecule has 0 spiro atoms. The van der Waals surface area contributed by atoms with Gasteiger partial charge in [-0.05, 0) is 31.1 Å². The lowest BCUT2D eigenvalue weighted by atomic mass is 9.64. The van der Waals surface area contributed by atoms with Crippen LogP contribution in [0.2, 0.25) is 0 Å². The minimum atomic E-state index is -0.0554. The van der Waals surface area contributed by atoms with Crippen LogP contribution < -0.4 is 0 Å². The highest BCUT2D eigenvalue weighted by Gasteiger charge is 2.44. The topological polar surface area (TPSA) is 34.1 Å². The van der Waals surface area contributed by atoms with Crippen LogP contribution in [-0.4, -0.2) is 11.6 Å². The molecule has 1 aromatic rings. The number of fused-ring (bicyclic) bond motifs is 2. The van der Waals surface area contributed by atoms with Crippen LogP contribution in [0.25, 0.3) is 0 Å². The van der Waals surface area contributed by atoms with Gasteiger partial charge in [-0.3, -0.25) is 9.59 Å². The summed E-state index contributed by atoms with van der Waals surface area (Å²) < 4.78 is 0. The Hall–Kier alpha value is -1.44. The van der Waals surface area contributed by atoms with E-state index in [1.54, 1.807) is 0 Å². The molecule has 2 aliphatic carbocycles.